The molecule has 1 unspecified atom stereocenters. The quantitative estimate of drug-likeness (QED) is 0.891. The number of nitrogens with one attached hydrogen (secondary N) is 2. The first-order chi connectivity index (χ1) is 11.5. The van der Waals surface area contributed by atoms with Crippen molar-refractivity contribution >= 4 is 35.0 Å². The van der Waals surface area contributed by atoms with E-state index >= 15 is 0 Å². The van der Waals surface area contributed by atoms with Crippen LogP contribution in [0.15, 0.2) is 34.9 Å². The third kappa shape index (κ3) is 3.68. The average Bonchev–Trinajstić information content (AvgIpc) is 3.18. The van der Waals surface area contributed by atoms with Crippen LogP contribution in [0, 0.1) is 6.92 Å². The lowest BCUT2D eigenvalue weighted by atomic mass is 10.2. The van der Waals surface area contributed by atoms with Crippen molar-refractivity contribution in [2.45, 2.75) is 25.8 Å². The molecule has 24 heavy (non-hydrogen) atoms. The molecular formula is C16H17ClN4O3. The van der Waals surface area contributed by atoms with Crippen LogP contribution >= 0.6 is 11.6 Å². The van der Waals surface area contributed by atoms with Gasteiger partial charge in [0.15, 0.2) is 5.82 Å². The maximum atomic E-state index is 12.4. The number of aromatic nitrogens is 1. The van der Waals surface area contributed by atoms with E-state index in [-0.39, 0.29) is 11.9 Å². The van der Waals surface area contributed by atoms with E-state index < -0.39 is 6.04 Å². The molecule has 1 aliphatic rings. The number of hydrogen-bond acceptors (Lipinski definition) is 4. The van der Waals surface area contributed by atoms with Crippen LogP contribution in [-0.4, -0.2) is 34.6 Å². The lowest BCUT2D eigenvalue weighted by Gasteiger charge is -2.23. The largest absolute Gasteiger partial charge is 0.360 e. The Morgan fingerprint density at radius 2 is 2.04 bits per heavy atom. The van der Waals surface area contributed by atoms with Crippen molar-refractivity contribution in [3.8, 4) is 0 Å². The monoisotopic (exact) mass is 348 g/mol. The van der Waals surface area contributed by atoms with Crippen molar-refractivity contribution in [3.05, 3.63) is 41.1 Å². The van der Waals surface area contributed by atoms with Crippen LogP contribution in [0.4, 0.5) is 16.3 Å². The summed E-state index contributed by atoms with van der Waals surface area (Å²) in [6.45, 7) is 2.26. The minimum atomic E-state index is -0.533. The van der Waals surface area contributed by atoms with E-state index in [1.54, 1.807) is 37.3 Å². The molecule has 1 saturated heterocycles. The molecule has 1 atom stereocenters. The van der Waals surface area contributed by atoms with Crippen LogP contribution in [0.2, 0.25) is 5.02 Å². The van der Waals surface area contributed by atoms with Gasteiger partial charge < -0.3 is 20.1 Å². The lowest BCUT2D eigenvalue weighted by Crippen LogP contribution is -2.45. The number of carbonyl (C=O) groups excluding carboxylic acids is 2. The highest BCUT2D eigenvalue weighted by molar-refractivity contribution is 6.30. The van der Waals surface area contributed by atoms with Crippen LogP contribution in [0.3, 0.4) is 0 Å². The van der Waals surface area contributed by atoms with Gasteiger partial charge in [-0.1, -0.05) is 16.8 Å². The van der Waals surface area contributed by atoms with Crippen molar-refractivity contribution in [1.82, 2.24) is 10.1 Å². The van der Waals surface area contributed by atoms with Crippen LogP contribution < -0.4 is 10.6 Å². The molecule has 3 rings (SSSR count). The van der Waals surface area contributed by atoms with Crippen molar-refractivity contribution in [3.63, 3.8) is 0 Å². The summed E-state index contributed by atoms with van der Waals surface area (Å²) in [6, 6.07) is 7.59. The number of urea groups is 1. The summed E-state index contributed by atoms with van der Waals surface area (Å²) in [5.74, 6) is 0.684. The predicted molar refractivity (Wildman–Crippen MR) is 90.1 cm³/mol. The number of rotatable bonds is 3. The predicted octanol–water partition coefficient (Wildman–Crippen LogP) is 3.27. The fourth-order valence-electron chi connectivity index (χ4n) is 2.65. The molecule has 2 heterocycles. The first-order valence-electron chi connectivity index (χ1n) is 7.60. The smallest absolute Gasteiger partial charge is 0.322 e. The van der Waals surface area contributed by atoms with Crippen molar-refractivity contribution in [2.24, 2.45) is 0 Å². The molecular weight excluding hydrogens is 332 g/mol. The fourth-order valence-corrected chi connectivity index (χ4v) is 2.77. The maximum Gasteiger partial charge on any atom is 0.322 e. The molecule has 0 bridgehead atoms. The molecule has 3 amide bonds. The molecule has 2 aromatic rings. The van der Waals surface area contributed by atoms with E-state index in [1.807, 2.05) is 0 Å². The Morgan fingerprint density at radius 1 is 1.29 bits per heavy atom. The zero-order chi connectivity index (χ0) is 17.1. The highest BCUT2D eigenvalue weighted by atomic mass is 35.5. The number of carbonyl (C=O) groups is 2. The summed E-state index contributed by atoms with van der Waals surface area (Å²) in [5, 5.41) is 9.78. The number of hydrogen-bond donors (Lipinski definition) is 2. The highest BCUT2D eigenvalue weighted by Gasteiger charge is 2.34. The van der Waals surface area contributed by atoms with Gasteiger partial charge in [-0.15, -0.1) is 0 Å². The summed E-state index contributed by atoms with van der Waals surface area (Å²) < 4.78 is 4.92. The second-order valence-electron chi connectivity index (χ2n) is 5.60. The Balaban J connectivity index is 1.64. The van der Waals surface area contributed by atoms with E-state index in [0.717, 1.165) is 6.42 Å². The second kappa shape index (κ2) is 6.92. The molecule has 1 fully saturated rings. The second-order valence-corrected chi connectivity index (χ2v) is 6.04. The van der Waals surface area contributed by atoms with Gasteiger partial charge in [0.05, 0.1) is 0 Å². The van der Waals surface area contributed by atoms with Crippen LogP contribution in [-0.2, 0) is 4.79 Å². The molecule has 1 aromatic heterocycles. The molecule has 126 valence electrons. The van der Waals surface area contributed by atoms with Crippen molar-refractivity contribution < 1.29 is 14.1 Å². The molecule has 8 heteroatoms. The number of amides is 3. The van der Waals surface area contributed by atoms with Gasteiger partial charge in [-0.25, -0.2) is 4.79 Å². The number of nitrogens with zero attached hydrogens (tertiary/aromatic N) is 2. The zero-order valence-corrected chi connectivity index (χ0v) is 13.8. The first kappa shape index (κ1) is 16.3. The average molecular weight is 349 g/mol. The molecule has 0 saturated carbocycles. The highest BCUT2D eigenvalue weighted by Crippen LogP contribution is 2.21. The van der Waals surface area contributed by atoms with Gasteiger partial charge >= 0.3 is 6.03 Å². The van der Waals surface area contributed by atoms with E-state index in [2.05, 4.69) is 15.8 Å². The van der Waals surface area contributed by atoms with E-state index in [4.69, 9.17) is 16.1 Å². The summed E-state index contributed by atoms with van der Waals surface area (Å²) >= 11 is 5.83. The lowest BCUT2D eigenvalue weighted by molar-refractivity contribution is -0.119. The number of halogens is 1. The van der Waals surface area contributed by atoms with Gasteiger partial charge in [-0.05, 0) is 44.0 Å². The number of likely N-dealkylation sites (tertiary alicyclic amines) is 1. The van der Waals surface area contributed by atoms with Gasteiger partial charge in [0.1, 0.15) is 11.8 Å². The minimum absolute atomic E-state index is 0.271. The topological polar surface area (TPSA) is 87.5 Å². The van der Waals surface area contributed by atoms with Crippen LogP contribution in [0.5, 0.6) is 0 Å². The summed E-state index contributed by atoms with van der Waals surface area (Å²) in [4.78, 5) is 26.4. The van der Waals surface area contributed by atoms with Gasteiger partial charge in [-0.3, -0.25) is 4.79 Å². The Morgan fingerprint density at radius 3 is 2.71 bits per heavy atom. The SMILES string of the molecule is Cc1cc(NC(=O)C2CCCN2C(=O)Nc2ccc(Cl)cc2)no1. The van der Waals surface area contributed by atoms with Gasteiger partial charge in [0.2, 0.25) is 5.91 Å². The van der Waals surface area contributed by atoms with E-state index in [1.165, 1.54) is 4.90 Å². The third-order valence-corrected chi connectivity index (χ3v) is 4.04. The molecule has 7 nitrogen and oxygen atoms in total. The summed E-state index contributed by atoms with van der Waals surface area (Å²) in [6.07, 6.45) is 1.38. The van der Waals surface area contributed by atoms with Gasteiger partial charge in [-0.2, -0.15) is 0 Å². The normalized spacial score (nSPS) is 16.9. The maximum absolute atomic E-state index is 12.4. The zero-order valence-electron chi connectivity index (χ0n) is 13.1. The standard InChI is InChI=1S/C16H17ClN4O3/c1-10-9-14(20-24-10)19-15(22)13-3-2-8-21(13)16(23)18-12-6-4-11(17)5-7-12/h4-7,9,13H,2-3,8H2,1H3,(H,18,23)(H,19,20,22). The Hall–Kier alpha value is -2.54. The molecule has 2 N–H and O–H groups in total. The van der Waals surface area contributed by atoms with Crippen molar-refractivity contribution in [2.75, 3.05) is 17.2 Å². The van der Waals surface area contributed by atoms with Crippen LogP contribution in [0.1, 0.15) is 18.6 Å². The van der Waals surface area contributed by atoms with Gasteiger partial charge in [0, 0.05) is 23.3 Å². The number of aryl methyl sites for hydroxylation is 1. The Bertz CT molecular complexity index is 744. The summed E-state index contributed by atoms with van der Waals surface area (Å²) in [7, 11) is 0. The fraction of sp³-hybridized carbons (Fsp3) is 0.312. The molecule has 0 aliphatic carbocycles. The Labute approximate surface area is 143 Å². The number of anilines is 2. The first-order valence-corrected chi connectivity index (χ1v) is 7.98. The van der Waals surface area contributed by atoms with E-state index in [0.29, 0.717) is 35.3 Å². The third-order valence-electron chi connectivity index (χ3n) is 3.79. The van der Waals surface area contributed by atoms with Crippen LogP contribution in [0.25, 0.3) is 0 Å². The van der Waals surface area contributed by atoms with Gasteiger partial charge in [0.25, 0.3) is 0 Å². The van der Waals surface area contributed by atoms with E-state index in [9.17, 15) is 9.59 Å². The van der Waals surface area contributed by atoms with Crippen molar-refractivity contribution in [1.29, 1.82) is 0 Å². The molecule has 0 radical (unpaired) electrons. The number of benzene rings is 1. The Kier molecular flexibility index (Phi) is 4.71. The summed E-state index contributed by atoms with van der Waals surface area (Å²) in [5.41, 5.74) is 0.627. The molecule has 0 spiro atoms. The molecule has 1 aliphatic heterocycles. The minimum Gasteiger partial charge on any atom is -0.360 e. The molecule has 1 aromatic carbocycles.